The van der Waals surface area contributed by atoms with Crippen molar-refractivity contribution in [3.8, 4) is 0 Å². The summed E-state index contributed by atoms with van der Waals surface area (Å²) in [5, 5.41) is 8.83. The fourth-order valence-electron chi connectivity index (χ4n) is 1.05. The maximum atomic E-state index is 10.7. The Morgan fingerprint density at radius 3 is 2.42 bits per heavy atom. The molecule has 1 N–H and O–H groups in total. The van der Waals surface area contributed by atoms with Crippen molar-refractivity contribution in [1.82, 2.24) is 4.90 Å². The van der Waals surface area contributed by atoms with Crippen LogP contribution in [0.4, 0.5) is 4.79 Å². The quantitative estimate of drug-likeness (QED) is 0.694. The molecule has 0 aromatic carbocycles. The van der Waals surface area contributed by atoms with E-state index in [-0.39, 0.29) is 6.04 Å². The number of unbranched alkanes of at least 4 members (excludes halogenated alkanes) is 1. The summed E-state index contributed by atoms with van der Waals surface area (Å²) in [5.74, 6) is 0. The minimum Gasteiger partial charge on any atom is -0.465 e. The van der Waals surface area contributed by atoms with Gasteiger partial charge in [-0.3, -0.25) is 0 Å². The number of carbonyl (C=O) groups is 1. The van der Waals surface area contributed by atoms with Crippen molar-refractivity contribution in [1.29, 1.82) is 0 Å². The summed E-state index contributed by atoms with van der Waals surface area (Å²) in [4.78, 5) is 12.2. The Labute approximate surface area is 74.4 Å². The Morgan fingerprint density at radius 1 is 1.50 bits per heavy atom. The van der Waals surface area contributed by atoms with E-state index in [2.05, 4.69) is 6.92 Å². The topological polar surface area (TPSA) is 40.5 Å². The van der Waals surface area contributed by atoms with Crippen LogP contribution in [0.5, 0.6) is 0 Å². The van der Waals surface area contributed by atoms with Gasteiger partial charge in [-0.1, -0.05) is 20.3 Å². The van der Waals surface area contributed by atoms with Gasteiger partial charge in [0.1, 0.15) is 0 Å². The molecule has 0 aromatic rings. The van der Waals surface area contributed by atoms with Crippen molar-refractivity contribution in [2.45, 2.75) is 46.1 Å². The first-order chi connectivity index (χ1) is 5.63. The molecule has 0 fully saturated rings. The zero-order valence-corrected chi connectivity index (χ0v) is 8.21. The molecule has 1 atom stereocenters. The first kappa shape index (κ1) is 11.3. The number of rotatable bonds is 5. The normalized spacial score (nSPS) is 12.6. The standard InChI is InChI=1S/C9H19NO2/c1-4-6-7-10(9(11)12)8(3)5-2/h8H,4-7H2,1-3H3,(H,11,12). The van der Waals surface area contributed by atoms with Crippen molar-refractivity contribution in [2.75, 3.05) is 6.54 Å². The van der Waals surface area contributed by atoms with E-state index in [4.69, 9.17) is 5.11 Å². The Morgan fingerprint density at radius 2 is 2.08 bits per heavy atom. The number of hydrogen-bond acceptors (Lipinski definition) is 1. The fourth-order valence-corrected chi connectivity index (χ4v) is 1.05. The lowest BCUT2D eigenvalue weighted by atomic mass is 10.2. The third kappa shape index (κ3) is 3.60. The van der Waals surface area contributed by atoms with Crippen LogP contribution in [-0.4, -0.2) is 28.7 Å². The molecular formula is C9H19NO2. The van der Waals surface area contributed by atoms with E-state index in [1.807, 2.05) is 13.8 Å². The molecule has 0 saturated carbocycles. The molecule has 0 aliphatic heterocycles. The molecule has 0 aliphatic carbocycles. The lowest BCUT2D eigenvalue weighted by Gasteiger charge is -2.25. The predicted molar refractivity (Wildman–Crippen MR) is 49.4 cm³/mol. The van der Waals surface area contributed by atoms with E-state index in [1.54, 1.807) is 0 Å². The van der Waals surface area contributed by atoms with E-state index in [9.17, 15) is 4.79 Å². The summed E-state index contributed by atoms with van der Waals surface area (Å²) in [5.41, 5.74) is 0. The van der Waals surface area contributed by atoms with Crippen LogP contribution in [0.25, 0.3) is 0 Å². The highest BCUT2D eigenvalue weighted by atomic mass is 16.4. The first-order valence-electron chi connectivity index (χ1n) is 4.63. The molecule has 0 rings (SSSR count). The summed E-state index contributed by atoms with van der Waals surface area (Å²) in [6.07, 6.45) is 2.09. The van der Waals surface area contributed by atoms with Gasteiger partial charge in [-0.05, 0) is 19.8 Å². The number of amides is 1. The molecule has 1 amide bonds. The van der Waals surface area contributed by atoms with Gasteiger partial charge < -0.3 is 10.0 Å². The van der Waals surface area contributed by atoms with E-state index >= 15 is 0 Å². The van der Waals surface area contributed by atoms with Crippen LogP contribution >= 0.6 is 0 Å². The van der Waals surface area contributed by atoms with Gasteiger partial charge in [0.05, 0.1) is 0 Å². The van der Waals surface area contributed by atoms with Crippen LogP contribution < -0.4 is 0 Å². The van der Waals surface area contributed by atoms with Crippen molar-refractivity contribution >= 4 is 6.09 Å². The molecule has 72 valence electrons. The van der Waals surface area contributed by atoms with Crippen LogP contribution in [0.2, 0.25) is 0 Å². The van der Waals surface area contributed by atoms with E-state index in [1.165, 1.54) is 4.90 Å². The highest BCUT2D eigenvalue weighted by molar-refractivity contribution is 5.65. The highest BCUT2D eigenvalue weighted by Gasteiger charge is 2.16. The molecule has 3 nitrogen and oxygen atoms in total. The lowest BCUT2D eigenvalue weighted by molar-refractivity contribution is 0.126. The molecule has 12 heavy (non-hydrogen) atoms. The minimum absolute atomic E-state index is 0.147. The Kier molecular flexibility index (Phi) is 5.51. The minimum atomic E-state index is -0.794. The van der Waals surface area contributed by atoms with Gasteiger partial charge in [0.15, 0.2) is 0 Å². The summed E-state index contributed by atoms with van der Waals surface area (Å²) in [6.45, 7) is 6.69. The Hall–Kier alpha value is -0.730. The molecule has 0 heterocycles. The van der Waals surface area contributed by atoms with Gasteiger partial charge in [0.2, 0.25) is 0 Å². The van der Waals surface area contributed by atoms with Crippen molar-refractivity contribution in [3.05, 3.63) is 0 Å². The third-order valence-electron chi connectivity index (χ3n) is 2.12. The SMILES string of the molecule is CCCCN(C(=O)O)C(C)CC. The molecule has 0 aliphatic rings. The van der Waals surface area contributed by atoms with Gasteiger partial charge >= 0.3 is 6.09 Å². The average Bonchev–Trinajstić information content (AvgIpc) is 2.04. The van der Waals surface area contributed by atoms with Crippen LogP contribution in [-0.2, 0) is 0 Å². The first-order valence-corrected chi connectivity index (χ1v) is 4.63. The summed E-state index contributed by atoms with van der Waals surface area (Å²) < 4.78 is 0. The molecule has 1 unspecified atom stereocenters. The van der Waals surface area contributed by atoms with E-state index in [0.29, 0.717) is 6.54 Å². The third-order valence-corrected chi connectivity index (χ3v) is 2.12. The van der Waals surface area contributed by atoms with E-state index < -0.39 is 6.09 Å². The summed E-state index contributed by atoms with van der Waals surface area (Å²) >= 11 is 0. The molecule has 0 saturated heterocycles. The molecule has 0 bridgehead atoms. The number of hydrogen-bond donors (Lipinski definition) is 1. The molecule has 0 spiro atoms. The average molecular weight is 173 g/mol. The Bertz CT molecular complexity index is 136. The number of nitrogens with zero attached hydrogens (tertiary/aromatic N) is 1. The largest absolute Gasteiger partial charge is 0.465 e. The Balaban J connectivity index is 3.94. The van der Waals surface area contributed by atoms with E-state index in [0.717, 1.165) is 19.3 Å². The fraction of sp³-hybridized carbons (Fsp3) is 0.889. The van der Waals surface area contributed by atoms with Crippen molar-refractivity contribution in [2.24, 2.45) is 0 Å². The lowest BCUT2D eigenvalue weighted by Crippen LogP contribution is -2.37. The maximum absolute atomic E-state index is 10.7. The second-order valence-corrected chi connectivity index (χ2v) is 3.09. The molecular weight excluding hydrogens is 154 g/mol. The summed E-state index contributed by atoms with van der Waals surface area (Å²) in [7, 11) is 0. The van der Waals surface area contributed by atoms with Crippen molar-refractivity contribution < 1.29 is 9.90 Å². The van der Waals surface area contributed by atoms with Gasteiger partial charge in [-0.25, -0.2) is 4.79 Å². The van der Waals surface area contributed by atoms with Gasteiger partial charge in [0.25, 0.3) is 0 Å². The number of carboxylic acid groups (broad SMARTS) is 1. The van der Waals surface area contributed by atoms with Crippen LogP contribution in [0.15, 0.2) is 0 Å². The van der Waals surface area contributed by atoms with Crippen LogP contribution in [0, 0.1) is 0 Å². The zero-order chi connectivity index (χ0) is 9.56. The van der Waals surface area contributed by atoms with Gasteiger partial charge in [-0.15, -0.1) is 0 Å². The van der Waals surface area contributed by atoms with Gasteiger partial charge in [0, 0.05) is 12.6 Å². The molecule has 0 aromatic heterocycles. The maximum Gasteiger partial charge on any atom is 0.407 e. The van der Waals surface area contributed by atoms with Gasteiger partial charge in [-0.2, -0.15) is 0 Å². The second kappa shape index (κ2) is 5.86. The molecule has 0 radical (unpaired) electrons. The highest BCUT2D eigenvalue weighted by Crippen LogP contribution is 2.05. The van der Waals surface area contributed by atoms with Crippen LogP contribution in [0.1, 0.15) is 40.0 Å². The monoisotopic (exact) mass is 173 g/mol. The zero-order valence-electron chi connectivity index (χ0n) is 8.21. The van der Waals surface area contributed by atoms with Crippen LogP contribution in [0.3, 0.4) is 0 Å². The predicted octanol–water partition coefficient (Wildman–Crippen LogP) is 2.57. The second-order valence-electron chi connectivity index (χ2n) is 3.09. The summed E-state index contributed by atoms with van der Waals surface area (Å²) in [6, 6.07) is 0.147. The molecule has 3 heteroatoms. The smallest absolute Gasteiger partial charge is 0.407 e. The van der Waals surface area contributed by atoms with Crippen molar-refractivity contribution in [3.63, 3.8) is 0 Å².